The van der Waals surface area contributed by atoms with Gasteiger partial charge in [-0.25, -0.2) is 0 Å². The van der Waals surface area contributed by atoms with Gasteiger partial charge in [0.15, 0.2) is 0 Å². The number of nitrogens with one attached hydrogen (secondary N) is 2. The van der Waals surface area contributed by atoms with Crippen LogP contribution in [-0.2, 0) is 19.2 Å². The summed E-state index contributed by atoms with van der Waals surface area (Å²) < 4.78 is 0. The van der Waals surface area contributed by atoms with Crippen LogP contribution in [0.4, 0.5) is 0 Å². The third-order valence-electron chi connectivity index (χ3n) is 2.64. The molecule has 0 aromatic rings. The first-order valence-electron chi connectivity index (χ1n) is 6.30. The normalized spacial score (nSPS) is 13.4. The minimum Gasteiger partial charge on any atom is -0.370 e. The molecule has 0 aliphatic rings. The van der Waals surface area contributed by atoms with Gasteiger partial charge in [-0.2, -0.15) is 0 Å². The van der Waals surface area contributed by atoms with Gasteiger partial charge in [-0.3, -0.25) is 19.2 Å². The highest BCUT2D eigenvalue weighted by atomic mass is 16.2. The maximum atomic E-state index is 12.0. The van der Waals surface area contributed by atoms with E-state index in [1.165, 1.54) is 6.92 Å². The summed E-state index contributed by atoms with van der Waals surface area (Å²) >= 11 is 0. The Morgan fingerprint density at radius 2 is 1.60 bits per heavy atom. The van der Waals surface area contributed by atoms with Gasteiger partial charge >= 0.3 is 0 Å². The van der Waals surface area contributed by atoms with Crippen molar-refractivity contribution in [3.63, 3.8) is 0 Å². The topological polar surface area (TPSA) is 144 Å². The number of carbonyl (C=O) groups is 4. The van der Waals surface area contributed by atoms with Crippen molar-refractivity contribution in [2.45, 2.75) is 45.7 Å². The van der Waals surface area contributed by atoms with Gasteiger partial charge in [0.1, 0.15) is 12.1 Å². The maximum Gasteiger partial charge on any atom is 0.243 e. The predicted octanol–water partition coefficient (Wildman–Crippen LogP) is -1.62. The number of hydrogen-bond donors (Lipinski definition) is 4. The molecule has 0 aromatic carbocycles. The van der Waals surface area contributed by atoms with Crippen molar-refractivity contribution in [1.82, 2.24) is 10.6 Å². The van der Waals surface area contributed by atoms with Crippen LogP contribution >= 0.6 is 0 Å². The molecule has 0 heterocycles. The van der Waals surface area contributed by atoms with E-state index in [-0.39, 0.29) is 18.8 Å². The molecule has 2 atom stereocenters. The second-order valence-corrected chi connectivity index (χ2v) is 4.89. The fraction of sp³-hybridized carbons (Fsp3) is 0.667. The van der Waals surface area contributed by atoms with Crippen LogP contribution in [0.5, 0.6) is 0 Å². The smallest absolute Gasteiger partial charge is 0.243 e. The molecule has 0 rings (SSSR count). The van der Waals surface area contributed by atoms with Gasteiger partial charge in [0.05, 0.1) is 0 Å². The lowest BCUT2D eigenvalue weighted by Crippen LogP contribution is -2.54. The SMILES string of the molecule is CC(=O)N[C@@H](CCC(N)=O)C(=O)N[C@H](C(N)=O)C(C)C. The first-order chi connectivity index (χ1) is 9.15. The number of carbonyl (C=O) groups excluding carboxylic acids is 4. The van der Waals surface area contributed by atoms with E-state index in [1.54, 1.807) is 13.8 Å². The number of rotatable bonds is 8. The van der Waals surface area contributed by atoms with Crippen LogP contribution in [0.3, 0.4) is 0 Å². The van der Waals surface area contributed by atoms with Crippen LogP contribution in [0.25, 0.3) is 0 Å². The van der Waals surface area contributed by atoms with Crippen molar-refractivity contribution >= 4 is 23.6 Å². The largest absolute Gasteiger partial charge is 0.370 e. The van der Waals surface area contributed by atoms with Crippen LogP contribution in [0.15, 0.2) is 0 Å². The highest BCUT2D eigenvalue weighted by Gasteiger charge is 2.26. The monoisotopic (exact) mass is 286 g/mol. The number of amides is 4. The zero-order valence-electron chi connectivity index (χ0n) is 11.9. The molecule has 20 heavy (non-hydrogen) atoms. The van der Waals surface area contributed by atoms with Crippen LogP contribution in [0.2, 0.25) is 0 Å². The van der Waals surface area contributed by atoms with Gasteiger partial charge in [0.2, 0.25) is 23.6 Å². The van der Waals surface area contributed by atoms with Gasteiger partial charge in [-0.05, 0) is 12.3 Å². The quantitative estimate of drug-likeness (QED) is 0.425. The van der Waals surface area contributed by atoms with Gasteiger partial charge < -0.3 is 22.1 Å². The van der Waals surface area contributed by atoms with Crippen molar-refractivity contribution in [2.24, 2.45) is 17.4 Å². The van der Waals surface area contributed by atoms with Gasteiger partial charge in [-0.15, -0.1) is 0 Å². The molecule has 0 unspecified atom stereocenters. The second-order valence-electron chi connectivity index (χ2n) is 4.89. The average molecular weight is 286 g/mol. The molecular weight excluding hydrogens is 264 g/mol. The van der Waals surface area contributed by atoms with E-state index in [0.717, 1.165) is 0 Å². The summed E-state index contributed by atoms with van der Waals surface area (Å²) in [6, 6.07) is -1.77. The predicted molar refractivity (Wildman–Crippen MR) is 72.0 cm³/mol. The van der Waals surface area contributed by atoms with Crippen molar-refractivity contribution in [1.29, 1.82) is 0 Å². The first-order valence-corrected chi connectivity index (χ1v) is 6.30. The number of nitrogens with two attached hydrogens (primary N) is 2. The summed E-state index contributed by atoms with van der Waals surface area (Å²) in [5, 5.41) is 4.87. The van der Waals surface area contributed by atoms with Crippen LogP contribution in [-0.4, -0.2) is 35.7 Å². The molecule has 0 saturated carbocycles. The Balaban J connectivity index is 4.79. The summed E-state index contributed by atoms with van der Waals surface area (Å²) in [5.74, 6) is -2.42. The van der Waals surface area contributed by atoms with Crippen LogP contribution in [0, 0.1) is 5.92 Å². The minimum absolute atomic E-state index is 0.0543. The maximum absolute atomic E-state index is 12.0. The van der Waals surface area contributed by atoms with E-state index in [2.05, 4.69) is 10.6 Å². The molecule has 0 saturated heterocycles. The lowest BCUT2D eigenvalue weighted by atomic mass is 10.0. The molecule has 0 bridgehead atoms. The molecule has 0 radical (unpaired) electrons. The van der Waals surface area contributed by atoms with Gasteiger partial charge in [0, 0.05) is 13.3 Å². The Morgan fingerprint density at radius 1 is 1.05 bits per heavy atom. The summed E-state index contributed by atoms with van der Waals surface area (Å²) in [7, 11) is 0. The molecule has 0 fully saturated rings. The number of hydrogen-bond acceptors (Lipinski definition) is 4. The molecule has 8 nitrogen and oxygen atoms in total. The van der Waals surface area contributed by atoms with Crippen LogP contribution < -0.4 is 22.1 Å². The van der Waals surface area contributed by atoms with E-state index in [0.29, 0.717) is 0 Å². The highest BCUT2D eigenvalue weighted by Crippen LogP contribution is 2.04. The summed E-state index contributed by atoms with van der Waals surface area (Å²) in [6.07, 6.45) is 0.00556. The third kappa shape index (κ3) is 6.72. The minimum atomic E-state index is -0.930. The van der Waals surface area contributed by atoms with Gasteiger partial charge in [0.25, 0.3) is 0 Å². The Hall–Kier alpha value is -2.12. The van der Waals surface area contributed by atoms with E-state index >= 15 is 0 Å². The van der Waals surface area contributed by atoms with E-state index < -0.39 is 35.7 Å². The zero-order valence-corrected chi connectivity index (χ0v) is 11.9. The molecule has 0 aliphatic carbocycles. The molecule has 0 aliphatic heterocycles. The van der Waals surface area contributed by atoms with Crippen molar-refractivity contribution in [3.8, 4) is 0 Å². The molecular formula is C12H22N4O4. The molecule has 0 aromatic heterocycles. The Kier molecular flexibility index (Phi) is 7.27. The number of primary amides is 2. The Labute approximate surface area is 117 Å². The average Bonchev–Trinajstić information content (AvgIpc) is 2.29. The molecule has 6 N–H and O–H groups in total. The first kappa shape index (κ1) is 17.9. The van der Waals surface area contributed by atoms with E-state index in [4.69, 9.17) is 11.5 Å². The molecule has 114 valence electrons. The molecule has 0 spiro atoms. The lowest BCUT2D eigenvalue weighted by molar-refractivity contribution is -0.132. The third-order valence-corrected chi connectivity index (χ3v) is 2.64. The summed E-state index contributed by atoms with van der Waals surface area (Å²) in [4.78, 5) is 45.1. The van der Waals surface area contributed by atoms with Crippen molar-refractivity contribution in [3.05, 3.63) is 0 Å². The lowest BCUT2D eigenvalue weighted by Gasteiger charge is -2.23. The standard InChI is InChI=1S/C12H22N4O4/c1-6(2)10(11(14)19)16-12(20)8(15-7(3)17)4-5-9(13)18/h6,8,10H,4-5H2,1-3H3,(H2,13,18)(H2,14,19)(H,15,17)(H,16,20)/t8-,10-/m0/s1. The fourth-order valence-electron chi connectivity index (χ4n) is 1.62. The van der Waals surface area contributed by atoms with Crippen molar-refractivity contribution < 1.29 is 19.2 Å². The Morgan fingerprint density at radius 3 is 1.95 bits per heavy atom. The summed E-state index contributed by atoms with van der Waals surface area (Å²) in [5.41, 5.74) is 10.2. The van der Waals surface area contributed by atoms with E-state index in [9.17, 15) is 19.2 Å². The fourth-order valence-corrected chi connectivity index (χ4v) is 1.62. The Bertz CT molecular complexity index is 395. The van der Waals surface area contributed by atoms with E-state index in [1.807, 2.05) is 0 Å². The second kappa shape index (κ2) is 8.13. The zero-order chi connectivity index (χ0) is 15.9. The highest BCUT2D eigenvalue weighted by molar-refractivity contribution is 5.91. The molecule has 4 amide bonds. The van der Waals surface area contributed by atoms with Gasteiger partial charge in [-0.1, -0.05) is 13.8 Å². The van der Waals surface area contributed by atoms with Crippen LogP contribution in [0.1, 0.15) is 33.6 Å². The summed E-state index contributed by atoms with van der Waals surface area (Å²) in [6.45, 7) is 4.71. The van der Waals surface area contributed by atoms with Crippen molar-refractivity contribution in [2.75, 3.05) is 0 Å². The molecule has 8 heteroatoms.